The molecule has 0 saturated heterocycles. The summed E-state index contributed by atoms with van der Waals surface area (Å²) >= 11 is 4.99. The summed E-state index contributed by atoms with van der Waals surface area (Å²) < 4.78 is 1.02. The van der Waals surface area contributed by atoms with Crippen LogP contribution < -0.4 is 5.32 Å². The molecule has 2 nitrogen and oxygen atoms in total. The number of carbonyl (C=O) groups excluding carboxylic acids is 1. The predicted molar refractivity (Wildman–Crippen MR) is 87.9 cm³/mol. The number of halogens is 1. The van der Waals surface area contributed by atoms with Crippen LogP contribution in [0.4, 0.5) is 0 Å². The van der Waals surface area contributed by atoms with E-state index >= 15 is 0 Å². The van der Waals surface area contributed by atoms with Crippen LogP contribution in [0, 0.1) is 0 Å². The van der Waals surface area contributed by atoms with Crippen molar-refractivity contribution in [3.05, 3.63) is 64.6 Å². The molecule has 2 aromatic rings. The molecule has 2 rings (SSSR count). The van der Waals surface area contributed by atoms with Crippen LogP contribution in [0.5, 0.6) is 0 Å². The van der Waals surface area contributed by atoms with Gasteiger partial charge >= 0.3 is 0 Å². The smallest absolute Gasteiger partial charge is 0.230 e. The van der Waals surface area contributed by atoms with E-state index in [0.717, 1.165) is 14.9 Å². The third kappa shape index (κ3) is 4.69. The molecule has 0 fully saturated rings. The molecule has 20 heavy (non-hydrogen) atoms. The van der Waals surface area contributed by atoms with E-state index in [0.29, 0.717) is 5.75 Å². The van der Waals surface area contributed by atoms with Crippen molar-refractivity contribution in [2.75, 3.05) is 5.75 Å². The zero-order valence-electron chi connectivity index (χ0n) is 11.2. The van der Waals surface area contributed by atoms with E-state index in [1.54, 1.807) is 11.8 Å². The third-order valence-corrected chi connectivity index (χ3v) is 4.34. The Hall–Kier alpha value is -1.26. The van der Waals surface area contributed by atoms with Crippen molar-refractivity contribution in [2.45, 2.75) is 17.9 Å². The van der Waals surface area contributed by atoms with E-state index in [2.05, 4.69) is 21.2 Å². The quantitative estimate of drug-likeness (QED) is 0.809. The van der Waals surface area contributed by atoms with Gasteiger partial charge in [0.05, 0.1) is 11.8 Å². The van der Waals surface area contributed by atoms with Gasteiger partial charge in [-0.3, -0.25) is 4.79 Å². The molecule has 0 aromatic heterocycles. The maximum atomic E-state index is 11.9. The lowest BCUT2D eigenvalue weighted by Crippen LogP contribution is -2.28. The minimum Gasteiger partial charge on any atom is -0.349 e. The lowest BCUT2D eigenvalue weighted by molar-refractivity contribution is -0.119. The molecule has 0 aliphatic rings. The topological polar surface area (TPSA) is 29.1 Å². The van der Waals surface area contributed by atoms with Gasteiger partial charge in [-0.2, -0.15) is 0 Å². The molecule has 0 saturated carbocycles. The summed E-state index contributed by atoms with van der Waals surface area (Å²) in [7, 11) is 0. The second-order valence-electron chi connectivity index (χ2n) is 4.45. The fraction of sp³-hybridized carbons (Fsp3) is 0.188. The van der Waals surface area contributed by atoms with Crippen molar-refractivity contribution in [3.8, 4) is 0 Å². The summed E-state index contributed by atoms with van der Waals surface area (Å²) in [6.45, 7) is 1.99. The van der Waals surface area contributed by atoms with Crippen LogP contribution in [-0.2, 0) is 4.79 Å². The lowest BCUT2D eigenvalue weighted by Gasteiger charge is -2.14. The number of hydrogen-bond acceptors (Lipinski definition) is 2. The normalized spacial score (nSPS) is 11.9. The molecule has 0 spiro atoms. The number of benzene rings is 2. The molecule has 0 heterocycles. The van der Waals surface area contributed by atoms with E-state index in [4.69, 9.17) is 0 Å². The minimum absolute atomic E-state index is 0.0105. The maximum absolute atomic E-state index is 11.9. The molecular weight excluding hydrogens is 334 g/mol. The number of hydrogen-bond donors (Lipinski definition) is 1. The lowest BCUT2D eigenvalue weighted by atomic mass is 10.1. The maximum Gasteiger partial charge on any atom is 0.230 e. The number of amides is 1. The summed E-state index contributed by atoms with van der Waals surface area (Å²) in [5, 5.41) is 3.01. The highest BCUT2D eigenvalue weighted by molar-refractivity contribution is 9.10. The first-order chi connectivity index (χ1) is 9.65. The zero-order chi connectivity index (χ0) is 14.4. The van der Waals surface area contributed by atoms with E-state index < -0.39 is 0 Å². The molecule has 1 atom stereocenters. The Morgan fingerprint density at radius 3 is 2.65 bits per heavy atom. The first-order valence-electron chi connectivity index (χ1n) is 6.38. The first-order valence-corrected chi connectivity index (χ1v) is 8.15. The Bertz CT molecular complexity index is 574. The Morgan fingerprint density at radius 1 is 1.20 bits per heavy atom. The molecule has 2 aromatic carbocycles. The molecule has 104 valence electrons. The molecule has 1 N–H and O–H groups in total. The van der Waals surface area contributed by atoms with Crippen LogP contribution in [-0.4, -0.2) is 11.7 Å². The SMILES string of the molecule is CC(NC(=O)CSc1ccccc1)c1cccc(Br)c1. The zero-order valence-corrected chi connectivity index (χ0v) is 13.6. The van der Waals surface area contributed by atoms with Gasteiger partial charge in [0.2, 0.25) is 5.91 Å². The Labute approximate surface area is 132 Å². The fourth-order valence-corrected chi connectivity index (χ4v) is 2.96. The second kappa shape index (κ2) is 7.50. The fourth-order valence-electron chi connectivity index (χ4n) is 1.81. The summed E-state index contributed by atoms with van der Waals surface area (Å²) in [5.41, 5.74) is 1.09. The molecule has 0 aliphatic heterocycles. The molecule has 1 unspecified atom stereocenters. The largest absolute Gasteiger partial charge is 0.349 e. The van der Waals surface area contributed by atoms with Gasteiger partial charge in [-0.15, -0.1) is 11.8 Å². The number of rotatable bonds is 5. The van der Waals surface area contributed by atoms with Crippen molar-refractivity contribution < 1.29 is 4.79 Å². The van der Waals surface area contributed by atoms with Crippen molar-refractivity contribution in [2.24, 2.45) is 0 Å². The average Bonchev–Trinajstić information content (AvgIpc) is 2.46. The molecule has 0 aliphatic carbocycles. The van der Waals surface area contributed by atoms with Gasteiger partial charge in [0.1, 0.15) is 0 Å². The van der Waals surface area contributed by atoms with E-state index in [1.165, 1.54) is 0 Å². The molecule has 1 amide bonds. The standard InChI is InChI=1S/C16H16BrNOS/c1-12(13-6-5-7-14(17)10-13)18-16(19)11-20-15-8-3-2-4-9-15/h2-10,12H,11H2,1H3,(H,18,19). The Balaban J connectivity index is 1.85. The van der Waals surface area contributed by atoms with E-state index in [1.807, 2.05) is 61.5 Å². The van der Waals surface area contributed by atoms with Crippen LogP contribution in [0.15, 0.2) is 64.0 Å². The highest BCUT2D eigenvalue weighted by Crippen LogP contribution is 2.19. The van der Waals surface area contributed by atoms with Gasteiger partial charge in [0, 0.05) is 9.37 Å². The highest BCUT2D eigenvalue weighted by Gasteiger charge is 2.10. The number of thioether (sulfide) groups is 1. The first kappa shape index (κ1) is 15.1. The molecular formula is C16H16BrNOS. The van der Waals surface area contributed by atoms with E-state index in [9.17, 15) is 4.79 Å². The molecule has 0 radical (unpaired) electrons. The van der Waals surface area contributed by atoms with E-state index in [-0.39, 0.29) is 11.9 Å². The third-order valence-electron chi connectivity index (χ3n) is 2.84. The highest BCUT2D eigenvalue weighted by atomic mass is 79.9. The summed E-state index contributed by atoms with van der Waals surface area (Å²) in [4.78, 5) is 13.1. The summed E-state index contributed by atoms with van der Waals surface area (Å²) in [6.07, 6.45) is 0. The van der Waals surface area contributed by atoms with Crippen molar-refractivity contribution >= 4 is 33.6 Å². The van der Waals surface area contributed by atoms with Crippen LogP contribution >= 0.6 is 27.7 Å². The number of nitrogens with one attached hydrogen (secondary N) is 1. The van der Waals surface area contributed by atoms with Crippen molar-refractivity contribution in [1.29, 1.82) is 0 Å². The van der Waals surface area contributed by atoms with Crippen LogP contribution in [0.2, 0.25) is 0 Å². The molecule has 0 bridgehead atoms. The minimum atomic E-state index is 0.0105. The monoisotopic (exact) mass is 349 g/mol. The van der Waals surface area contributed by atoms with Gasteiger partial charge in [0.25, 0.3) is 0 Å². The predicted octanol–water partition coefficient (Wildman–Crippen LogP) is 4.42. The van der Waals surface area contributed by atoms with Gasteiger partial charge in [0.15, 0.2) is 0 Å². The second-order valence-corrected chi connectivity index (χ2v) is 6.41. The summed E-state index contributed by atoms with van der Waals surface area (Å²) in [6, 6.07) is 17.9. The molecule has 4 heteroatoms. The Morgan fingerprint density at radius 2 is 1.95 bits per heavy atom. The van der Waals surface area contributed by atoms with Crippen LogP contribution in [0.3, 0.4) is 0 Å². The van der Waals surface area contributed by atoms with Crippen LogP contribution in [0.1, 0.15) is 18.5 Å². The number of carbonyl (C=O) groups is 1. The average molecular weight is 350 g/mol. The van der Waals surface area contributed by atoms with Gasteiger partial charge in [-0.25, -0.2) is 0 Å². The van der Waals surface area contributed by atoms with Gasteiger partial charge in [-0.1, -0.05) is 46.3 Å². The van der Waals surface area contributed by atoms with Gasteiger partial charge < -0.3 is 5.32 Å². The van der Waals surface area contributed by atoms with Crippen molar-refractivity contribution in [3.63, 3.8) is 0 Å². The Kier molecular flexibility index (Phi) is 5.68. The van der Waals surface area contributed by atoms with Crippen molar-refractivity contribution in [1.82, 2.24) is 5.32 Å². The van der Waals surface area contributed by atoms with Crippen LogP contribution in [0.25, 0.3) is 0 Å². The summed E-state index contributed by atoms with van der Waals surface area (Å²) in [5.74, 6) is 0.480. The van der Waals surface area contributed by atoms with Gasteiger partial charge in [-0.05, 0) is 36.8 Å².